The SMILES string of the molecule is O=COC(c1ccccc1)N1CCC(O)CC1. The lowest BCUT2D eigenvalue weighted by Gasteiger charge is -2.34. The molecule has 2 rings (SSSR count). The molecular weight excluding hydrogens is 218 g/mol. The zero-order valence-corrected chi connectivity index (χ0v) is 9.66. The minimum absolute atomic E-state index is 0.223. The van der Waals surface area contributed by atoms with E-state index in [0.29, 0.717) is 6.47 Å². The van der Waals surface area contributed by atoms with Crippen LogP contribution in [0.3, 0.4) is 0 Å². The Morgan fingerprint density at radius 3 is 2.53 bits per heavy atom. The van der Waals surface area contributed by atoms with Crippen LogP contribution in [0.2, 0.25) is 0 Å². The summed E-state index contributed by atoms with van der Waals surface area (Å²) in [5.74, 6) is 0. The van der Waals surface area contributed by atoms with Crippen molar-refractivity contribution in [2.45, 2.75) is 25.2 Å². The molecule has 1 aliphatic heterocycles. The predicted octanol–water partition coefficient (Wildman–Crippen LogP) is 1.31. The Morgan fingerprint density at radius 1 is 1.29 bits per heavy atom. The molecule has 4 heteroatoms. The number of likely N-dealkylation sites (tertiary alicyclic amines) is 1. The molecule has 0 radical (unpaired) electrons. The second kappa shape index (κ2) is 5.80. The van der Waals surface area contributed by atoms with Crippen molar-refractivity contribution >= 4 is 6.47 Å². The number of rotatable bonds is 4. The van der Waals surface area contributed by atoms with Gasteiger partial charge in [0, 0.05) is 18.7 Å². The molecule has 1 aliphatic rings. The number of piperidine rings is 1. The van der Waals surface area contributed by atoms with Gasteiger partial charge < -0.3 is 9.84 Å². The summed E-state index contributed by atoms with van der Waals surface area (Å²) in [6.45, 7) is 1.98. The highest BCUT2D eigenvalue weighted by Crippen LogP contribution is 2.25. The number of carbonyl (C=O) groups is 1. The van der Waals surface area contributed by atoms with Gasteiger partial charge in [-0.2, -0.15) is 0 Å². The molecule has 0 spiro atoms. The summed E-state index contributed by atoms with van der Waals surface area (Å²) < 4.78 is 5.17. The Balaban J connectivity index is 2.09. The summed E-state index contributed by atoms with van der Waals surface area (Å²) in [6, 6.07) is 9.67. The lowest BCUT2D eigenvalue weighted by atomic mass is 10.1. The van der Waals surface area contributed by atoms with Gasteiger partial charge in [0.2, 0.25) is 0 Å². The van der Waals surface area contributed by atoms with Gasteiger partial charge in [-0.05, 0) is 12.8 Å². The monoisotopic (exact) mass is 235 g/mol. The molecule has 0 bridgehead atoms. The topological polar surface area (TPSA) is 49.8 Å². The molecule has 1 atom stereocenters. The summed E-state index contributed by atoms with van der Waals surface area (Å²) >= 11 is 0. The second-order valence-corrected chi connectivity index (χ2v) is 4.26. The number of carbonyl (C=O) groups excluding carboxylic acids is 1. The van der Waals surface area contributed by atoms with Gasteiger partial charge in [-0.25, -0.2) is 0 Å². The maximum absolute atomic E-state index is 10.6. The Bertz CT molecular complexity index is 347. The zero-order valence-electron chi connectivity index (χ0n) is 9.66. The molecule has 1 saturated heterocycles. The summed E-state index contributed by atoms with van der Waals surface area (Å²) in [5, 5.41) is 9.47. The van der Waals surface area contributed by atoms with E-state index in [9.17, 15) is 9.90 Å². The van der Waals surface area contributed by atoms with E-state index in [2.05, 4.69) is 4.90 Å². The van der Waals surface area contributed by atoms with Gasteiger partial charge in [0.1, 0.15) is 0 Å². The first-order chi connectivity index (χ1) is 8.31. The minimum Gasteiger partial charge on any atom is -0.444 e. The van der Waals surface area contributed by atoms with Crippen LogP contribution < -0.4 is 0 Å². The minimum atomic E-state index is -0.332. The highest BCUT2D eigenvalue weighted by Gasteiger charge is 2.26. The van der Waals surface area contributed by atoms with Gasteiger partial charge in [0.05, 0.1) is 6.10 Å². The van der Waals surface area contributed by atoms with Crippen LogP contribution in [0, 0.1) is 0 Å². The van der Waals surface area contributed by atoms with Crippen LogP contribution in [0.4, 0.5) is 0 Å². The molecule has 1 aromatic carbocycles. The van der Waals surface area contributed by atoms with Gasteiger partial charge in [-0.15, -0.1) is 0 Å². The van der Waals surface area contributed by atoms with Crippen LogP contribution in [0.25, 0.3) is 0 Å². The van der Waals surface area contributed by atoms with Gasteiger partial charge in [0.25, 0.3) is 6.47 Å². The third kappa shape index (κ3) is 3.05. The first kappa shape index (κ1) is 12.1. The maximum Gasteiger partial charge on any atom is 0.294 e. The average Bonchev–Trinajstić information content (AvgIpc) is 2.38. The fourth-order valence-electron chi connectivity index (χ4n) is 2.17. The third-order valence-electron chi connectivity index (χ3n) is 3.10. The quantitative estimate of drug-likeness (QED) is 0.799. The standard InChI is InChI=1S/C13H17NO3/c15-10-17-13(11-4-2-1-3-5-11)14-8-6-12(16)7-9-14/h1-5,10,12-13,16H,6-9H2. The van der Waals surface area contributed by atoms with Crippen LogP contribution in [0.1, 0.15) is 24.6 Å². The van der Waals surface area contributed by atoms with Crippen LogP contribution in [0.5, 0.6) is 0 Å². The van der Waals surface area contributed by atoms with Crippen molar-refractivity contribution in [2.75, 3.05) is 13.1 Å². The molecule has 0 aromatic heterocycles. The van der Waals surface area contributed by atoms with Crippen LogP contribution in [-0.2, 0) is 9.53 Å². The van der Waals surface area contributed by atoms with E-state index >= 15 is 0 Å². The molecular formula is C13H17NO3. The van der Waals surface area contributed by atoms with E-state index in [1.165, 1.54) is 0 Å². The number of hydrogen-bond donors (Lipinski definition) is 1. The van der Waals surface area contributed by atoms with Gasteiger partial charge in [0.15, 0.2) is 6.23 Å². The number of nitrogens with zero attached hydrogens (tertiary/aromatic N) is 1. The fraction of sp³-hybridized carbons (Fsp3) is 0.462. The molecule has 92 valence electrons. The highest BCUT2D eigenvalue weighted by atomic mass is 16.5. The smallest absolute Gasteiger partial charge is 0.294 e. The summed E-state index contributed by atoms with van der Waals surface area (Å²) in [5.41, 5.74) is 0.969. The molecule has 1 heterocycles. The van der Waals surface area contributed by atoms with Gasteiger partial charge >= 0.3 is 0 Å². The molecule has 0 aliphatic carbocycles. The summed E-state index contributed by atoms with van der Waals surface area (Å²) in [6.07, 6.45) is 0.900. The van der Waals surface area contributed by atoms with Crippen molar-refractivity contribution in [3.05, 3.63) is 35.9 Å². The number of aliphatic hydroxyl groups is 1. The average molecular weight is 235 g/mol. The second-order valence-electron chi connectivity index (χ2n) is 4.26. The van der Waals surface area contributed by atoms with Crippen LogP contribution >= 0.6 is 0 Å². The molecule has 1 unspecified atom stereocenters. The molecule has 17 heavy (non-hydrogen) atoms. The number of benzene rings is 1. The zero-order chi connectivity index (χ0) is 12.1. The Labute approximate surface area is 101 Å². The fourth-order valence-corrected chi connectivity index (χ4v) is 2.17. The summed E-state index contributed by atoms with van der Waals surface area (Å²) in [4.78, 5) is 12.7. The van der Waals surface area contributed by atoms with Crippen molar-refractivity contribution in [1.82, 2.24) is 4.90 Å². The van der Waals surface area contributed by atoms with E-state index in [1.807, 2.05) is 30.3 Å². The van der Waals surface area contributed by atoms with Gasteiger partial charge in [-0.3, -0.25) is 9.69 Å². The number of hydrogen-bond acceptors (Lipinski definition) is 4. The maximum atomic E-state index is 10.6. The van der Waals surface area contributed by atoms with E-state index in [4.69, 9.17) is 4.74 Å². The number of aliphatic hydroxyl groups excluding tert-OH is 1. The van der Waals surface area contributed by atoms with E-state index in [-0.39, 0.29) is 12.3 Å². The first-order valence-corrected chi connectivity index (χ1v) is 5.87. The van der Waals surface area contributed by atoms with Crippen molar-refractivity contribution in [2.24, 2.45) is 0 Å². The van der Waals surface area contributed by atoms with Crippen molar-refractivity contribution in [3.63, 3.8) is 0 Å². The molecule has 0 amide bonds. The van der Waals surface area contributed by atoms with Gasteiger partial charge in [-0.1, -0.05) is 30.3 Å². The van der Waals surface area contributed by atoms with Crippen molar-refractivity contribution < 1.29 is 14.6 Å². The largest absolute Gasteiger partial charge is 0.444 e. The lowest BCUT2D eigenvalue weighted by molar-refractivity contribution is -0.146. The van der Waals surface area contributed by atoms with Crippen molar-refractivity contribution in [3.8, 4) is 0 Å². The molecule has 1 N–H and O–H groups in total. The Hall–Kier alpha value is -1.39. The summed E-state index contributed by atoms with van der Waals surface area (Å²) in [7, 11) is 0. The normalized spacial score (nSPS) is 19.8. The molecule has 1 aromatic rings. The Kier molecular flexibility index (Phi) is 4.12. The molecule has 0 saturated carbocycles. The molecule has 4 nitrogen and oxygen atoms in total. The lowest BCUT2D eigenvalue weighted by Crippen LogP contribution is -2.39. The third-order valence-corrected chi connectivity index (χ3v) is 3.10. The Morgan fingerprint density at radius 2 is 1.94 bits per heavy atom. The van der Waals surface area contributed by atoms with E-state index in [1.54, 1.807) is 0 Å². The van der Waals surface area contributed by atoms with E-state index in [0.717, 1.165) is 31.5 Å². The van der Waals surface area contributed by atoms with Crippen molar-refractivity contribution in [1.29, 1.82) is 0 Å². The van der Waals surface area contributed by atoms with E-state index < -0.39 is 0 Å². The predicted molar refractivity (Wildman–Crippen MR) is 63.1 cm³/mol. The van der Waals surface area contributed by atoms with Crippen LogP contribution in [0.15, 0.2) is 30.3 Å². The highest BCUT2D eigenvalue weighted by molar-refractivity contribution is 5.38. The number of ether oxygens (including phenoxy) is 1. The molecule has 1 fully saturated rings. The van der Waals surface area contributed by atoms with Crippen LogP contribution in [-0.4, -0.2) is 35.7 Å². The first-order valence-electron chi connectivity index (χ1n) is 5.87.